The maximum atomic E-state index is 5.50. The molecule has 0 unspecified atom stereocenters. The van der Waals surface area contributed by atoms with Crippen LogP contribution in [0.3, 0.4) is 0 Å². The summed E-state index contributed by atoms with van der Waals surface area (Å²) in [7, 11) is 1.72. The first kappa shape index (κ1) is 18.3. The van der Waals surface area contributed by atoms with Gasteiger partial charge in [-0.25, -0.2) is 9.97 Å². The van der Waals surface area contributed by atoms with E-state index in [9.17, 15) is 0 Å². The maximum Gasteiger partial charge on any atom is 0.142 e. The van der Waals surface area contributed by atoms with Crippen LogP contribution in [0.5, 0.6) is 5.75 Å². The van der Waals surface area contributed by atoms with Gasteiger partial charge in [0, 0.05) is 37.8 Å². The van der Waals surface area contributed by atoms with Gasteiger partial charge in [0.1, 0.15) is 23.2 Å². The number of nitrogens with zero attached hydrogens (tertiary/aromatic N) is 4. The molecular weight excluding hydrogens is 326 g/mol. The van der Waals surface area contributed by atoms with Crippen molar-refractivity contribution in [1.29, 1.82) is 0 Å². The SMILES string of the molecule is COc1ccccc1N1CCN(c2cc(NC(C)(C)C)nc(C)n2)CC1. The minimum Gasteiger partial charge on any atom is -0.495 e. The minimum absolute atomic E-state index is 0.0272. The Balaban J connectivity index is 1.72. The molecule has 6 nitrogen and oxygen atoms in total. The molecule has 3 rings (SSSR count). The molecule has 1 aliphatic rings. The number of para-hydroxylation sites is 2. The van der Waals surface area contributed by atoms with Gasteiger partial charge < -0.3 is 19.9 Å². The zero-order valence-electron chi connectivity index (χ0n) is 16.4. The molecule has 6 heteroatoms. The minimum atomic E-state index is -0.0272. The maximum absolute atomic E-state index is 5.50. The number of nitrogens with one attached hydrogen (secondary N) is 1. The van der Waals surface area contributed by atoms with Crippen LogP contribution in [0.4, 0.5) is 17.3 Å². The van der Waals surface area contributed by atoms with Crippen LogP contribution < -0.4 is 19.9 Å². The summed E-state index contributed by atoms with van der Waals surface area (Å²) in [5, 5.41) is 3.45. The van der Waals surface area contributed by atoms with E-state index in [4.69, 9.17) is 4.74 Å². The van der Waals surface area contributed by atoms with Crippen LogP contribution in [-0.4, -0.2) is 48.8 Å². The Labute approximate surface area is 156 Å². The van der Waals surface area contributed by atoms with Gasteiger partial charge in [0.2, 0.25) is 0 Å². The summed E-state index contributed by atoms with van der Waals surface area (Å²) in [5.41, 5.74) is 1.13. The summed E-state index contributed by atoms with van der Waals surface area (Å²) in [6.45, 7) is 12.1. The third-order valence-corrected chi connectivity index (χ3v) is 4.36. The molecule has 26 heavy (non-hydrogen) atoms. The molecule has 0 saturated carbocycles. The fourth-order valence-corrected chi connectivity index (χ4v) is 3.23. The van der Waals surface area contributed by atoms with Gasteiger partial charge in [-0.2, -0.15) is 0 Å². The van der Waals surface area contributed by atoms with E-state index in [1.807, 2.05) is 19.1 Å². The zero-order chi connectivity index (χ0) is 18.7. The van der Waals surface area contributed by atoms with Gasteiger partial charge in [0.05, 0.1) is 12.8 Å². The normalized spacial score (nSPS) is 15.1. The predicted molar refractivity (Wildman–Crippen MR) is 108 cm³/mol. The average Bonchev–Trinajstić information content (AvgIpc) is 2.60. The summed E-state index contributed by atoms with van der Waals surface area (Å²) >= 11 is 0. The number of ether oxygens (including phenoxy) is 1. The highest BCUT2D eigenvalue weighted by Gasteiger charge is 2.21. The van der Waals surface area contributed by atoms with E-state index in [-0.39, 0.29) is 5.54 Å². The second-order valence-corrected chi connectivity index (χ2v) is 7.68. The number of hydrogen-bond acceptors (Lipinski definition) is 6. The molecule has 140 valence electrons. The molecule has 2 aromatic rings. The summed E-state index contributed by atoms with van der Waals surface area (Å²) in [6, 6.07) is 10.3. The number of anilines is 3. The lowest BCUT2D eigenvalue weighted by molar-refractivity contribution is 0.413. The Kier molecular flexibility index (Phi) is 5.20. The lowest BCUT2D eigenvalue weighted by atomic mass is 10.1. The fraction of sp³-hybridized carbons (Fsp3) is 0.500. The molecule has 1 aromatic carbocycles. The fourth-order valence-electron chi connectivity index (χ4n) is 3.23. The summed E-state index contributed by atoms with van der Waals surface area (Å²) in [5.74, 6) is 3.59. The Morgan fingerprint density at radius 2 is 1.65 bits per heavy atom. The van der Waals surface area contributed by atoms with E-state index >= 15 is 0 Å². The van der Waals surface area contributed by atoms with Crippen LogP contribution in [0.25, 0.3) is 0 Å². The Hall–Kier alpha value is -2.50. The van der Waals surface area contributed by atoms with Crippen molar-refractivity contribution < 1.29 is 4.74 Å². The first-order valence-electron chi connectivity index (χ1n) is 9.12. The number of rotatable bonds is 4. The topological polar surface area (TPSA) is 53.5 Å². The number of piperazine rings is 1. The Morgan fingerprint density at radius 3 is 2.31 bits per heavy atom. The second kappa shape index (κ2) is 7.40. The van der Waals surface area contributed by atoms with Crippen molar-refractivity contribution >= 4 is 17.3 Å². The van der Waals surface area contributed by atoms with Gasteiger partial charge >= 0.3 is 0 Å². The lowest BCUT2D eigenvalue weighted by Crippen LogP contribution is -2.47. The van der Waals surface area contributed by atoms with E-state index < -0.39 is 0 Å². The Bertz CT molecular complexity index is 748. The standard InChI is InChI=1S/C20H29N5O/c1-15-21-18(23-20(2,3)4)14-19(22-15)25-12-10-24(11-13-25)16-8-6-7-9-17(16)26-5/h6-9,14H,10-13H2,1-5H3,(H,21,22,23). The molecule has 2 heterocycles. The number of hydrogen-bond donors (Lipinski definition) is 1. The highest BCUT2D eigenvalue weighted by atomic mass is 16.5. The van der Waals surface area contributed by atoms with Crippen LogP contribution in [0, 0.1) is 6.92 Å². The molecule has 0 aliphatic carbocycles. The highest BCUT2D eigenvalue weighted by Crippen LogP contribution is 2.29. The number of benzene rings is 1. The highest BCUT2D eigenvalue weighted by molar-refractivity contribution is 5.60. The first-order valence-corrected chi connectivity index (χ1v) is 9.12. The molecule has 1 N–H and O–H groups in total. The molecular formula is C20H29N5O. The molecule has 0 radical (unpaired) electrons. The summed E-state index contributed by atoms with van der Waals surface area (Å²) < 4.78 is 5.50. The van der Waals surface area contributed by atoms with Gasteiger partial charge in [-0.3, -0.25) is 0 Å². The quantitative estimate of drug-likeness (QED) is 0.908. The van der Waals surface area contributed by atoms with Gasteiger partial charge in [0.25, 0.3) is 0 Å². The third kappa shape index (κ3) is 4.36. The van der Waals surface area contributed by atoms with Gasteiger partial charge in [0.15, 0.2) is 0 Å². The van der Waals surface area contributed by atoms with Crippen LogP contribution in [-0.2, 0) is 0 Å². The first-order chi connectivity index (χ1) is 12.4. The van der Waals surface area contributed by atoms with Crippen molar-refractivity contribution in [3.05, 3.63) is 36.2 Å². The van der Waals surface area contributed by atoms with Gasteiger partial charge in [-0.1, -0.05) is 12.1 Å². The molecule has 0 atom stereocenters. The van der Waals surface area contributed by atoms with Crippen molar-refractivity contribution in [2.75, 3.05) is 48.4 Å². The van der Waals surface area contributed by atoms with E-state index in [2.05, 4.69) is 64.1 Å². The van der Waals surface area contributed by atoms with Crippen molar-refractivity contribution in [3.63, 3.8) is 0 Å². The van der Waals surface area contributed by atoms with Crippen LogP contribution in [0.15, 0.2) is 30.3 Å². The van der Waals surface area contributed by atoms with E-state index in [1.54, 1.807) is 7.11 Å². The van der Waals surface area contributed by atoms with Crippen molar-refractivity contribution in [3.8, 4) is 5.75 Å². The smallest absolute Gasteiger partial charge is 0.142 e. The predicted octanol–water partition coefficient (Wildman–Crippen LogP) is 3.33. The van der Waals surface area contributed by atoms with Gasteiger partial charge in [-0.05, 0) is 39.8 Å². The number of methoxy groups -OCH3 is 1. The largest absolute Gasteiger partial charge is 0.495 e. The van der Waals surface area contributed by atoms with Crippen LogP contribution in [0.2, 0.25) is 0 Å². The number of aromatic nitrogens is 2. The molecule has 0 bridgehead atoms. The summed E-state index contributed by atoms with van der Waals surface area (Å²) in [4.78, 5) is 13.9. The number of aryl methyl sites for hydroxylation is 1. The van der Waals surface area contributed by atoms with Crippen LogP contribution >= 0.6 is 0 Å². The molecule has 1 saturated heterocycles. The molecule has 1 aromatic heterocycles. The van der Waals surface area contributed by atoms with Crippen molar-refractivity contribution in [2.24, 2.45) is 0 Å². The van der Waals surface area contributed by atoms with Crippen molar-refractivity contribution in [2.45, 2.75) is 33.2 Å². The van der Waals surface area contributed by atoms with E-state index in [0.717, 1.165) is 55.1 Å². The Morgan fingerprint density at radius 1 is 1.00 bits per heavy atom. The average molecular weight is 355 g/mol. The van der Waals surface area contributed by atoms with E-state index in [1.165, 1.54) is 0 Å². The van der Waals surface area contributed by atoms with Gasteiger partial charge in [-0.15, -0.1) is 0 Å². The lowest BCUT2D eigenvalue weighted by Gasteiger charge is -2.37. The van der Waals surface area contributed by atoms with Crippen molar-refractivity contribution in [1.82, 2.24) is 9.97 Å². The molecule has 1 aliphatic heterocycles. The van der Waals surface area contributed by atoms with Crippen LogP contribution in [0.1, 0.15) is 26.6 Å². The molecule has 0 amide bonds. The zero-order valence-corrected chi connectivity index (χ0v) is 16.4. The van der Waals surface area contributed by atoms with E-state index in [0.29, 0.717) is 0 Å². The summed E-state index contributed by atoms with van der Waals surface area (Å²) in [6.07, 6.45) is 0. The molecule has 1 fully saturated rings. The third-order valence-electron chi connectivity index (χ3n) is 4.36. The monoisotopic (exact) mass is 355 g/mol. The molecule has 0 spiro atoms. The second-order valence-electron chi connectivity index (χ2n) is 7.68.